The van der Waals surface area contributed by atoms with Crippen molar-refractivity contribution in [1.29, 1.82) is 0 Å². The van der Waals surface area contributed by atoms with Gasteiger partial charge in [-0.05, 0) is 78.5 Å². The second-order valence-electron chi connectivity index (χ2n) is 8.25. The van der Waals surface area contributed by atoms with E-state index in [2.05, 4.69) is 27.9 Å². The number of alkyl halides is 1. The number of rotatable bonds is 4. The van der Waals surface area contributed by atoms with Gasteiger partial charge in [0, 0.05) is 27.6 Å². The SMILES string of the molecule is CC1(O)CC(CNC(=O)CN2C[C@]3(C[C@H]3F)c3cc(I)ccc3C2=O)C1. The van der Waals surface area contributed by atoms with Gasteiger partial charge in [0.1, 0.15) is 6.17 Å². The Labute approximate surface area is 165 Å². The van der Waals surface area contributed by atoms with E-state index in [4.69, 9.17) is 0 Å². The molecule has 2 atom stereocenters. The summed E-state index contributed by atoms with van der Waals surface area (Å²) in [6.07, 6.45) is 0.793. The molecule has 0 bridgehead atoms. The minimum atomic E-state index is -0.963. The van der Waals surface area contributed by atoms with Crippen molar-refractivity contribution in [2.24, 2.45) is 5.92 Å². The lowest BCUT2D eigenvalue weighted by atomic mass is 9.72. The van der Waals surface area contributed by atoms with E-state index in [0.717, 1.165) is 9.13 Å². The minimum absolute atomic E-state index is 0.0537. The normalized spacial score (nSPS) is 35.1. The maximum Gasteiger partial charge on any atom is 0.254 e. The van der Waals surface area contributed by atoms with E-state index in [9.17, 15) is 19.1 Å². The zero-order chi connectivity index (χ0) is 18.7. The first-order chi connectivity index (χ1) is 12.2. The number of aliphatic hydroxyl groups is 1. The molecule has 2 aliphatic carbocycles. The fraction of sp³-hybridized carbons (Fsp3) is 0.579. The number of fused-ring (bicyclic) bond motifs is 2. The number of nitrogens with zero attached hydrogens (tertiary/aromatic N) is 1. The molecular formula is C19H22FIN2O3. The highest BCUT2D eigenvalue weighted by Crippen LogP contribution is 2.54. The molecule has 4 rings (SSSR count). The summed E-state index contributed by atoms with van der Waals surface area (Å²) in [7, 11) is 0. The van der Waals surface area contributed by atoms with Crippen molar-refractivity contribution < 1.29 is 19.1 Å². The first kappa shape index (κ1) is 18.2. The second-order valence-corrected chi connectivity index (χ2v) is 9.50. The van der Waals surface area contributed by atoms with Gasteiger partial charge in [-0.3, -0.25) is 9.59 Å². The van der Waals surface area contributed by atoms with Gasteiger partial charge >= 0.3 is 0 Å². The van der Waals surface area contributed by atoms with Crippen LogP contribution in [0.15, 0.2) is 18.2 Å². The third-order valence-corrected chi connectivity index (χ3v) is 6.54. The van der Waals surface area contributed by atoms with E-state index < -0.39 is 17.2 Å². The Morgan fingerprint density at radius 2 is 2.12 bits per heavy atom. The average Bonchev–Trinajstić information content (AvgIpc) is 3.18. The molecule has 0 unspecified atom stereocenters. The van der Waals surface area contributed by atoms with Gasteiger partial charge in [0.2, 0.25) is 5.91 Å². The van der Waals surface area contributed by atoms with Gasteiger partial charge in [-0.25, -0.2) is 4.39 Å². The molecule has 2 amide bonds. The number of halogens is 2. The van der Waals surface area contributed by atoms with Crippen LogP contribution in [0.25, 0.3) is 0 Å². The van der Waals surface area contributed by atoms with Crippen molar-refractivity contribution in [2.45, 2.75) is 43.4 Å². The molecule has 1 heterocycles. The van der Waals surface area contributed by atoms with Gasteiger partial charge in [0.05, 0.1) is 12.1 Å². The lowest BCUT2D eigenvalue weighted by Gasteiger charge is -2.41. The molecule has 1 aromatic rings. The first-order valence-electron chi connectivity index (χ1n) is 8.93. The highest BCUT2D eigenvalue weighted by atomic mass is 127. The molecule has 5 nitrogen and oxygen atoms in total. The van der Waals surface area contributed by atoms with Gasteiger partial charge < -0.3 is 15.3 Å². The van der Waals surface area contributed by atoms with E-state index in [-0.39, 0.29) is 30.8 Å². The molecule has 2 fully saturated rings. The standard InChI is InChI=1S/C19H22FIN2O3/c1-18(26)5-11(6-18)8-22-16(24)9-23-10-19(7-15(19)20)14-4-12(21)2-3-13(14)17(23)25/h2-4,11,15,26H,5-10H2,1H3,(H,22,24)/t11?,15-,18?,19-/m1/s1. The Morgan fingerprint density at radius 3 is 2.73 bits per heavy atom. The lowest BCUT2D eigenvalue weighted by molar-refractivity contribution is -0.123. The average molecular weight is 472 g/mol. The van der Waals surface area contributed by atoms with Crippen LogP contribution < -0.4 is 5.32 Å². The lowest BCUT2D eigenvalue weighted by Crippen LogP contribution is -2.50. The molecular weight excluding hydrogens is 450 g/mol. The Bertz CT molecular complexity index is 776. The van der Waals surface area contributed by atoms with Gasteiger partial charge in [-0.15, -0.1) is 0 Å². The van der Waals surface area contributed by atoms with Crippen molar-refractivity contribution in [3.8, 4) is 0 Å². The number of amides is 2. The molecule has 2 saturated carbocycles. The van der Waals surface area contributed by atoms with Gasteiger partial charge in [0.15, 0.2) is 0 Å². The van der Waals surface area contributed by atoms with E-state index in [1.807, 2.05) is 12.1 Å². The molecule has 0 radical (unpaired) electrons. The van der Waals surface area contributed by atoms with Crippen molar-refractivity contribution in [1.82, 2.24) is 10.2 Å². The zero-order valence-electron chi connectivity index (χ0n) is 14.6. The summed E-state index contributed by atoms with van der Waals surface area (Å²) in [6.45, 7) is 2.50. The third kappa shape index (κ3) is 3.13. The van der Waals surface area contributed by atoms with E-state index in [0.29, 0.717) is 31.4 Å². The Morgan fingerprint density at radius 1 is 1.42 bits per heavy atom. The van der Waals surface area contributed by atoms with Crippen LogP contribution in [-0.4, -0.2) is 53.2 Å². The fourth-order valence-electron chi connectivity index (χ4n) is 4.43. The van der Waals surface area contributed by atoms with Crippen LogP contribution in [0.4, 0.5) is 4.39 Å². The van der Waals surface area contributed by atoms with Crippen LogP contribution in [-0.2, 0) is 10.2 Å². The minimum Gasteiger partial charge on any atom is -0.390 e. The Kier molecular flexibility index (Phi) is 4.30. The maximum absolute atomic E-state index is 14.2. The summed E-state index contributed by atoms with van der Waals surface area (Å²) in [4.78, 5) is 26.5. The van der Waals surface area contributed by atoms with Crippen LogP contribution in [0.3, 0.4) is 0 Å². The summed E-state index contributed by atoms with van der Waals surface area (Å²) in [5, 5.41) is 12.6. The summed E-state index contributed by atoms with van der Waals surface area (Å²) in [5.41, 5.74) is 0.0422. The Hall–Kier alpha value is -1.22. The number of carbonyl (C=O) groups excluding carboxylic acids is 2. The summed E-state index contributed by atoms with van der Waals surface area (Å²) < 4.78 is 15.2. The second kappa shape index (κ2) is 6.15. The van der Waals surface area contributed by atoms with Crippen molar-refractivity contribution in [3.05, 3.63) is 32.9 Å². The fourth-order valence-corrected chi connectivity index (χ4v) is 4.92. The molecule has 2 N–H and O–H groups in total. The molecule has 3 aliphatic rings. The summed E-state index contributed by atoms with van der Waals surface area (Å²) in [5.74, 6) is -0.160. The van der Waals surface area contributed by atoms with Gasteiger partial charge in [-0.2, -0.15) is 0 Å². The quantitative estimate of drug-likeness (QED) is 0.659. The van der Waals surface area contributed by atoms with Crippen LogP contribution in [0.2, 0.25) is 0 Å². The third-order valence-electron chi connectivity index (χ3n) is 5.87. The molecule has 7 heteroatoms. The molecule has 1 aliphatic heterocycles. The van der Waals surface area contributed by atoms with Crippen molar-refractivity contribution in [3.63, 3.8) is 0 Å². The van der Waals surface area contributed by atoms with Gasteiger partial charge in [0.25, 0.3) is 5.91 Å². The molecule has 1 aromatic carbocycles. The molecule has 0 aromatic heterocycles. The van der Waals surface area contributed by atoms with Crippen LogP contribution in [0, 0.1) is 9.49 Å². The van der Waals surface area contributed by atoms with Crippen molar-refractivity contribution in [2.75, 3.05) is 19.6 Å². The monoisotopic (exact) mass is 472 g/mol. The Balaban J connectivity index is 1.42. The highest BCUT2D eigenvalue weighted by Gasteiger charge is 2.61. The highest BCUT2D eigenvalue weighted by molar-refractivity contribution is 14.1. The van der Waals surface area contributed by atoms with Crippen LogP contribution in [0.1, 0.15) is 42.1 Å². The number of carbonyl (C=O) groups is 2. The van der Waals surface area contributed by atoms with Crippen LogP contribution in [0.5, 0.6) is 0 Å². The number of nitrogens with one attached hydrogen (secondary N) is 1. The smallest absolute Gasteiger partial charge is 0.254 e. The van der Waals surface area contributed by atoms with Crippen molar-refractivity contribution >= 4 is 34.4 Å². The molecule has 26 heavy (non-hydrogen) atoms. The number of hydrogen-bond acceptors (Lipinski definition) is 3. The number of benzene rings is 1. The largest absolute Gasteiger partial charge is 0.390 e. The van der Waals surface area contributed by atoms with Crippen LogP contribution >= 0.6 is 22.6 Å². The number of hydrogen-bond donors (Lipinski definition) is 2. The molecule has 0 saturated heterocycles. The van der Waals surface area contributed by atoms with E-state index in [1.165, 1.54) is 4.90 Å². The predicted octanol–water partition coefficient (Wildman–Crippen LogP) is 2.00. The van der Waals surface area contributed by atoms with E-state index >= 15 is 0 Å². The summed E-state index contributed by atoms with van der Waals surface area (Å²) >= 11 is 2.17. The van der Waals surface area contributed by atoms with E-state index in [1.54, 1.807) is 13.0 Å². The topological polar surface area (TPSA) is 69.6 Å². The molecule has 1 spiro atoms. The zero-order valence-corrected chi connectivity index (χ0v) is 16.8. The predicted molar refractivity (Wildman–Crippen MR) is 103 cm³/mol. The van der Waals surface area contributed by atoms with Gasteiger partial charge in [-0.1, -0.05) is 0 Å². The summed E-state index contributed by atoms with van der Waals surface area (Å²) in [6, 6.07) is 5.48. The molecule has 140 valence electrons. The first-order valence-corrected chi connectivity index (χ1v) is 10.0. The maximum atomic E-state index is 14.2.